The third kappa shape index (κ3) is 4.52. The van der Waals surface area contributed by atoms with Crippen LogP contribution >= 0.6 is 15.9 Å². The number of para-hydroxylation sites is 1. The molecule has 1 aromatic carbocycles. The maximum absolute atomic E-state index is 13.4. The van der Waals surface area contributed by atoms with Gasteiger partial charge in [-0.15, -0.1) is 0 Å². The molecular formula is C14H14BrFN2O. The van der Waals surface area contributed by atoms with Crippen LogP contribution in [0.3, 0.4) is 0 Å². The van der Waals surface area contributed by atoms with Crippen molar-refractivity contribution in [2.75, 3.05) is 18.5 Å². The summed E-state index contributed by atoms with van der Waals surface area (Å²) >= 11 is 3.16. The Bertz CT molecular complexity index is 522. The Hall–Kier alpha value is -1.62. The Balaban J connectivity index is 1.69. The lowest BCUT2D eigenvalue weighted by Crippen LogP contribution is -2.09. The Morgan fingerprint density at radius 2 is 2.05 bits per heavy atom. The molecule has 0 aliphatic carbocycles. The van der Waals surface area contributed by atoms with Crippen molar-refractivity contribution in [1.29, 1.82) is 0 Å². The molecular weight excluding hydrogens is 311 g/mol. The smallest absolute Gasteiger partial charge is 0.166 e. The Kier molecular flexibility index (Phi) is 5.15. The highest BCUT2D eigenvalue weighted by Gasteiger charge is 2.03. The monoisotopic (exact) mass is 324 g/mol. The largest absolute Gasteiger partial charge is 0.494 e. The fourth-order valence-corrected chi connectivity index (χ4v) is 1.83. The fraction of sp³-hybridized carbons (Fsp3) is 0.214. The first-order chi connectivity index (χ1) is 9.25. The minimum atomic E-state index is -0.363. The average molecular weight is 325 g/mol. The van der Waals surface area contributed by atoms with Crippen molar-refractivity contribution in [3.63, 3.8) is 0 Å². The lowest BCUT2D eigenvalue weighted by molar-refractivity contribution is 0.315. The van der Waals surface area contributed by atoms with Gasteiger partial charge in [-0.25, -0.2) is 9.37 Å². The van der Waals surface area contributed by atoms with Gasteiger partial charge >= 0.3 is 0 Å². The highest BCUT2D eigenvalue weighted by atomic mass is 79.9. The average Bonchev–Trinajstić information content (AvgIpc) is 2.42. The van der Waals surface area contributed by atoms with E-state index in [1.807, 2.05) is 30.3 Å². The van der Waals surface area contributed by atoms with Gasteiger partial charge in [0.05, 0.1) is 6.61 Å². The number of ether oxygens (including phenoxy) is 1. The summed E-state index contributed by atoms with van der Waals surface area (Å²) in [4.78, 5) is 3.96. The fourth-order valence-electron chi connectivity index (χ4n) is 1.53. The van der Waals surface area contributed by atoms with Gasteiger partial charge in [-0.1, -0.05) is 18.2 Å². The first-order valence-corrected chi connectivity index (χ1v) is 6.78. The molecule has 5 heteroatoms. The van der Waals surface area contributed by atoms with E-state index in [2.05, 4.69) is 26.2 Å². The Morgan fingerprint density at radius 3 is 2.79 bits per heavy atom. The lowest BCUT2D eigenvalue weighted by Gasteiger charge is -2.08. The summed E-state index contributed by atoms with van der Waals surface area (Å²) in [5.41, 5.74) is 0. The number of hydrogen-bond acceptors (Lipinski definition) is 3. The second kappa shape index (κ2) is 7.09. The van der Waals surface area contributed by atoms with Gasteiger partial charge in [0.15, 0.2) is 11.6 Å². The molecule has 0 aliphatic rings. The van der Waals surface area contributed by atoms with Gasteiger partial charge in [0, 0.05) is 17.2 Å². The highest BCUT2D eigenvalue weighted by Crippen LogP contribution is 2.16. The third-order valence-electron chi connectivity index (χ3n) is 2.43. The predicted octanol–water partition coefficient (Wildman–Crippen LogP) is 3.86. The molecule has 1 heterocycles. The Morgan fingerprint density at radius 1 is 1.26 bits per heavy atom. The number of pyridine rings is 1. The molecule has 2 rings (SSSR count). The van der Waals surface area contributed by atoms with E-state index < -0.39 is 0 Å². The van der Waals surface area contributed by atoms with E-state index in [-0.39, 0.29) is 11.6 Å². The van der Waals surface area contributed by atoms with Crippen LogP contribution in [0.15, 0.2) is 47.1 Å². The first-order valence-electron chi connectivity index (χ1n) is 5.98. The zero-order valence-electron chi connectivity index (χ0n) is 10.3. The van der Waals surface area contributed by atoms with Crippen molar-refractivity contribution in [3.8, 4) is 5.75 Å². The molecule has 0 bridgehead atoms. The molecule has 0 saturated carbocycles. The van der Waals surface area contributed by atoms with E-state index in [0.717, 1.165) is 12.2 Å². The van der Waals surface area contributed by atoms with Crippen molar-refractivity contribution < 1.29 is 9.13 Å². The van der Waals surface area contributed by atoms with Crippen LogP contribution in [0.4, 0.5) is 10.2 Å². The number of halogens is 2. The number of nitrogens with one attached hydrogen (secondary N) is 1. The molecule has 100 valence electrons. The van der Waals surface area contributed by atoms with E-state index in [9.17, 15) is 4.39 Å². The number of rotatable bonds is 6. The lowest BCUT2D eigenvalue weighted by atomic mass is 10.3. The predicted molar refractivity (Wildman–Crippen MR) is 76.9 cm³/mol. The molecule has 0 amide bonds. The molecule has 1 aromatic heterocycles. The number of anilines is 1. The van der Waals surface area contributed by atoms with Crippen LogP contribution in [0.2, 0.25) is 0 Å². The molecule has 3 nitrogen and oxygen atoms in total. The number of nitrogens with zero attached hydrogens (tertiary/aromatic N) is 1. The second-order valence-corrected chi connectivity index (χ2v) is 4.84. The zero-order chi connectivity index (χ0) is 13.5. The van der Waals surface area contributed by atoms with Crippen molar-refractivity contribution in [2.24, 2.45) is 0 Å². The molecule has 0 fully saturated rings. The van der Waals surface area contributed by atoms with Crippen LogP contribution in [-0.4, -0.2) is 18.1 Å². The summed E-state index contributed by atoms with van der Waals surface area (Å²) in [5.74, 6) is 0.747. The summed E-state index contributed by atoms with van der Waals surface area (Å²) in [6.07, 6.45) is 2.33. The van der Waals surface area contributed by atoms with E-state index in [0.29, 0.717) is 17.6 Å². The molecule has 0 unspecified atom stereocenters. The van der Waals surface area contributed by atoms with Crippen LogP contribution in [0.5, 0.6) is 5.75 Å². The van der Waals surface area contributed by atoms with Gasteiger partial charge in [0.1, 0.15) is 5.75 Å². The van der Waals surface area contributed by atoms with Gasteiger partial charge in [0.25, 0.3) is 0 Å². The SMILES string of the molecule is Fc1cc(Br)cnc1NCCCOc1ccccc1. The molecule has 0 atom stereocenters. The second-order valence-electron chi connectivity index (χ2n) is 3.93. The van der Waals surface area contributed by atoms with Crippen molar-refractivity contribution >= 4 is 21.7 Å². The molecule has 0 saturated heterocycles. The summed E-state index contributed by atoms with van der Waals surface area (Å²) in [6.45, 7) is 1.19. The van der Waals surface area contributed by atoms with Crippen molar-refractivity contribution in [2.45, 2.75) is 6.42 Å². The van der Waals surface area contributed by atoms with Crippen LogP contribution in [0, 0.1) is 5.82 Å². The van der Waals surface area contributed by atoms with Crippen molar-refractivity contribution in [1.82, 2.24) is 4.98 Å². The standard InChI is InChI=1S/C14H14BrFN2O/c15-11-9-13(16)14(18-10-11)17-7-4-8-19-12-5-2-1-3-6-12/h1-3,5-6,9-10H,4,7-8H2,(H,17,18). The summed E-state index contributed by atoms with van der Waals surface area (Å²) in [5, 5.41) is 2.94. The quantitative estimate of drug-likeness (QED) is 0.819. The molecule has 1 N–H and O–H groups in total. The molecule has 0 radical (unpaired) electrons. The molecule has 0 spiro atoms. The van der Waals surface area contributed by atoms with Gasteiger partial charge in [0.2, 0.25) is 0 Å². The summed E-state index contributed by atoms with van der Waals surface area (Å²) < 4.78 is 19.6. The van der Waals surface area contributed by atoms with E-state index >= 15 is 0 Å². The topological polar surface area (TPSA) is 34.2 Å². The van der Waals surface area contributed by atoms with Gasteiger partial charge < -0.3 is 10.1 Å². The number of aromatic nitrogens is 1. The van der Waals surface area contributed by atoms with Crippen LogP contribution in [0.25, 0.3) is 0 Å². The minimum Gasteiger partial charge on any atom is -0.494 e. The van der Waals surface area contributed by atoms with Crippen LogP contribution in [0.1, 0.15) is 6.42 Å². The van der Waals surface area contributed by atoms with Gasteiger partial charge in [-0.05, 0) is 40.5 Å². The van der Waals surface area contributed by atoms with Crippen molar-refractivity contribution in [3.05, 3.63) is 52.9 Å². The molecule has 2 aromatic rings. The molecule has 0 aliphatic heterocycles. The van der Waals surface area contributed by atoms with E-state index in [4.69, 9.17) is 4.74 Å². The molecule has 19 heavy (non-hydrogen) atoms. The highest BCUT2D eigenvalue weighted by molar-refractivity contribution is 9.10. The maximum Gasteiger partial charge on any atom is 0.166 e. The van der Waals surface area contributed by atoms with E-state index in [1.54, 1.807) is 6.20 Å². The first kappa shape index (κ1) is 13.8. The Labute approximate surface area is 119 Å². The third-order valence-corrected chi connectivity index (χ3v) is 2.87. The van der Waals surface area contributed by atoms with Gasteiger partial charge in [-0.2, -0.15) is 0 Å². The van der Waals surface area contributed by atoms with Crippen LogP contribution in [-0.2, 0) is 0 Å². The summed E-state index contributed by atoms with van der Waals surface area (Å²) in [7, 11) is 0. The summed E-state index contributed by atoms with van der Waals surface area (Å²) in [6, 6.07) is 11.0. The van der Waals surface area contributed by atoms with E-state index in [1.165, 1.54) is 6.07 Å². The normalized spacial score (nSPS) is 10.2. The van der Waals surface area contributed by atoms with Crippen LogP contribution < -0.4 is 10.1 Å². The van der Waals surface area contributed by atoms with Gasteiger partial charge in [-0.3, -0.25) is 0 Å². The number of benzene rings is 1. The number of hydrogen-bond donors (Lipinski definition) is 1. The zero-order valence-corrected chi connectivity index (χ0v) is 11.9. The minimum absolute atomic E-state index is 0.267. The maximum atomic E-state index is 13.4.